The van der Waals surface area contributed by atoms with Gasteiger partial charge in [-0.05, 0) is 62.4 Å². The molecule has 0 unspecified atom stereocenters. The highest BCUT2D eigenvalue weighted by molar-refractivity contribution is 5.84. The molecule has 2 rings (SSSR count). The van der Waals surface area contributed by atoms with Crippen molar-refractivity contribution in [2.75, 3.05) is 35.7 Å². The molecule has 5 nitrogen and oxygen atoms in total. The number of hydrogen-bond acceptors (Lipinski definition) is 4. The van der Waals surface area contributed by atoms with Crippen molar-refractivity contribution in [3.63, 3.8) is 0 Å². The summed E-state index contributed by atoms with van der Waals surface area (Å²) in [5.74, 6) is 0. The van der Waals surface area contributed by atoms with E-state index in [-0.39, 0.29) is 0 Å². The predicted octanol–water partition coefficient (Wildman–Crippen LogP) is 4.45. The molecule has 0 bridgehead atoms. The van der Waals surface area contributed by atoms with Gasteiger partial charge in [-0.1, -0.05) is 0 Å². The Labute approximate surface area is 137 Å². The average Bonchev–Trinajstić information content (AvgIpc) is 2.59. The molecule has 0 radical (unpaired) electrons. The van der Waals surface area contributed by atoms with Gasteiger partial charge in [-0.2, -0.15) is 0 Å². The Hall–Kier alpha value is -2.69. The molecule has 0 saturated carbocycles. The normalized spacial score (nSPS) is 10.0. The number of carbonyl (C=O) groups is 1. The lowest BCUT2D eigenvalue weighted by atomic mass is 10.2. The Morgan fingerprint density at radius 2 is 1.39 bits per heavy atom. The van der Waals surface area contributed by atoms with Crippen molar-refractivity contribution < 1.29 is 9.53 Å². The lowest BCUT2D eigenvalue weighted by molar-refractivity contribution is 0.187. The summed E-state index contributed by atoms with van der Waals surface area (Å²) in [4.78, 5) is 13.4. The van der Waals surface area contributed by atoms with Gasteiger partial charge in [0.2, 0.25) is 0 Å². The fourth-order valence-corrected chi connectivity index (χ4v) is 2.32. The minimum absolute atomic E-state index is 0.474. The Kier molecular flexibility index (Phi) is 5.86. The van der Waals surface area contributed by atoms with Gasteiger partial charge < -0.3 is 15.0 Å². The number of carbonyl (C=O) groups excluding carboxylic acids is 1. The summed E-state index contributed by atoms with van der Waals surface area (Å²) >= 11 is 0. The molecule has 0 aromatic heterocycles. The van der Waals surface area contributed by atoms with Gasteiger partial charge >= 0.3 is 6.09 Å². The lowest BCUT2D eigenvalue weighted by Crippen LogP contribution is -2.21. The first-order valence-corrected chi connectivity index (χ1v) is 7.73. The van der Waals surface area contributed by atoms with E-state index in [0.29, 0.717) is 5.69 Å². The zero-order valence-electron chi connectivity index (χ0n) is 13.8. The fourth-order valence-electron chi connectivity index (χ4n) is 2.32. The third kappa shape index (κ3) is 4.64. The smallest absolute Gasteiger partial charge is 0.411 e. The minimum atomic E-state index is -0.474. The molecule has 0 heterocycles. The third-order valence-corrected chi connectivity index (χ3v) is 3.60. The zero-order chi connectivity index (χ0) is 16.7. The first kappa shape index (κ1) is 16.7. The largest absolute Gasteiger partial charge is 0.453 e. The monoisotopic (exact) mass is 313 g/mol. The average molecular weight is 313 g/mol. The molecule has 23 heavy (non-hydrogen) atoms. The van der Waals surface area contributed by atoms with Crippen molar-refractivity contribution in [1.82, 2.24) is 0 Å². The van der Waals surface area contributed by atoms with Gasteiger partial charge in [-0.15, -0.1) is 0 Å². The number of nitrogens with zero attached hydrogens (tertiary/aromatic N) is 1. The Bertz CT molecular complexity index is 620. The van der Waals surface area contributed by atoms with Crippen LogP contribution in [0.2, 0.25) is 0 Å². The van der Waals surface area contributed by atoms with E-state index in [0.717, 1.165) is 24.5 Å². The molecule has 0 aliphatic rings. The molecular weight excluding hydrogens is 290 g/mol. The molecule has 2 N–H and O–H groups in total. The number of rotatable bonds is 6. The number of benzene rings is 2. The second-order valence-corrected chi connectivity index (χ2v) is 5.04. The van der Waals surface area contributed by atoms with Crippen molar-refractivity contribution in [1.29, 1.82) is 0 Å². The highest BCUT2D eigenvalue weighted by Gasteiger charge is 2.03. The first-order valence-electron chi connectivity index (χ1n) is 7.73. The van der Waals surface area contributed by atoms with Crippen LogP contribution in [0.4, 0.5) is 27.5 Å². The van der Waals surface area contributed by atoms with Gasteiger partial charge in [-0.25, -0.2) is 4.79 Å². The minimum Gasteiger partial charge on any atom is -0.453 e. The standard InChI is InChI=1S/C18H23N3O2/c1-4-21(5-2)17-12-10-15(11-13-17)19-14-6-8-16(9-7-14)20-18(22)23-3/h6-13,19H,4-5H2,1-3H3,(H,20,22). The number of hydrogen-bond donors (Lipinski definition) is 2. The summed E-state index contributed by atoms with van der Waals surface area (Å²) in [5.41, 5.74) is 3.89. The molecular formula is C18H23N3O2. The SMILES string of the molecule is CCN(CC)c1ccc(Nc2ccc(NC(=O)OC)cc2)cc1. The van der Waals surface area contributed by atoms with Crippen molar-refractivity contribution >= 4 is 28.8 Å². The molecule has 1 amide bonds. The van der Waals surface area contributed by atoms with Crippen LogP contribution in [-0.4, -0.2) is 26.3 Å². The summed E-state index contributed by atoms with van der Waals surface area (Å²) in [6, 6.07) is 15.8. The molecule has 2 aromatic rings. The number of nitrogens with one attached hydrogen (secondary N) is 2. The zero-order valence-corrected chi connectivity index (χ0v) is 13.8. The summed E-state index contributed by atoms with van der Waals surface area (Å²) in [6.07, 6.45) is -0.474. The van der Waals surface area contributed by atoms with Gasteiger partial charge in [-0.3, -0.25) is 5.32 Å². The van der Waals surface area contributed by atoms with Gasteiger partial charge in [0.05, 0.1) is 7.11 Å². The Morgan fingerprint density at radius 1 is 0.913 bits per heavy atom. The maximum atomic E-state index is 11.1. The van der Waals surface area contributed by atoms with Crippen LogP contribution in [0.3, 0.4) is 0 Å². The van der Waals surface area contributed by atoms with Crippen molar-refractivity contribution in [2.45, 2.75) is 13.8 Å². The predicted molar refractivity (Wildman–Crippen MR) is 95.8 cm³/mol. The van der Waals surface area contributed by atoms with E-state index < -0.39 is 6.09 Å². The van der Waals surface area contributed by atoms with Crippen LogP contribution < -0.4 is 15.5 Å². The fraction of sp³-hybridized carbons (Fsp3) is 0.278. The molecule has 0 spiro atoms. The van der Waals surface area contributed by atoms with Crippen LogP contribution in [0.15, 0.2) is 48.5 Å². The molecule has 0 saturated heterocycles. The van der Waals surface area contributed by atoms with Crippen molar-refractivity contribution in [3.05, 3.63) is 48.5 Å². The number of anilines is 4. The molecule has 0 fully saturated rings. The number of amides is 1. The van der Waals surface area contributed by atoms with Gasteiger partial charge in [0.15, 0.2) is 0 Å². The van der Waals surface area contributed by atoms with E-state index in [9.17, 15) is 4.79 Å². The van der Waals surface area contributed by atoms with E-state index in [1.54, 1.807) is 0 Å². The topological polar surface area (TPSA) is 53.6 Å². The van der Waals surface area contributed by atoms with E-state index in [4.69, 9.17) is 0 Å². The Morgan fingerprint density at radius 3 is 1.87 bits per heavy atom. The molecule has 0 atom stereocenters. The van der Waals surface area contributed by atoms with Crippen LogP contribution in [0.5, 0.6) is 0 Å². The van der Waals surface area contributed by atoms with Crippen molar-refractivity contribution in [2.24, 2.45) is 0 Å². The first-order chi connectivity index (χ1) is 11.2. The quantitative estimate of drug-likeness (QED) is 0.827. The molecule has 122 valence electrons. The van der Waals surface area contributed by atoms with E-state index in [2.05, 4.69) is 58.4 Å². The highest BCUT2D eigenvalue weighted by atomic mass is 16.5. The molecule has 0 aliphatic carbocycles. The van der Waals surface area contributed by atoms with Crippen LogP contribution in [-0.2, 0) is 4.74 Å². The summed E-state index contributed by atoms with van der Waals surface area (Å²) in [6.45, 7) is 6.30. The Balaban J connectivity index is 2.00. The second-order valence-electron chi connectivity index (χ2n) is 5.04. The summed E-state index contributed by atoms with van der Waals surface area (Å²) < 4.78 is 4.56. The maximum absolute atomic E-state index is 11.1. The van der Waals surface area contributed by atoms with E-state index in [1.165, 1.54) is 12.8 Å². The third-order valence-electron chi connectivity index (χ3n) is 3.60. The van der Waals surface area contributed by atoms with E-state index in [1.807, 2.05) is 24.3 Å². The van der Waals surface area contributed by atoms with Crippen LogP contribution in [0.25, 0.3) is 0 Å². The number of methoxy groups -OCH3 is 1. The number of ether oxygens (including phenoxy) is 1. The van der Waals surface area contributed by atoms with Crippen LogP contribution in [0, 0.1) is 0 Å². The van der Waals surface area contributed by atoms with Crippen LogP contribution in [0.1, 0.15) is 13.8 Å². The van der Waals surface area contributed by atoms with Gasteiger partial charge in [0.1, 0.15) is 0 Å². The molecule has 5 heteroatoms. The van der Waals surface area contributed by atoms with Crippen molar-refractivity contribution in [3.8, 4) is 0 Å². The van der Waals surface area contributed by atoms with Crippen LogP contribution >= 0.6 is 0 Å². The summed E-state index contributed by atoms with van der Waals surface area (Å²) in [5, 5.41) is 5.96. The maximum Gasteiger partial charge on any atom is 0.411 e. The second kappa shape index (κ2) is 8.08. The lowest BCUT2D eigenvalue weighted by Gasteiger charge is -2.21. The summed E-state index contributed by atoms with van der Waals surface area (Å²) in [7, 11) is 1.34. The van der Waals surface area contributed by atoms with Gasteiger partial charge in [0, 0.05) is 35.8 Å². The van der Waals surface area contributed by atoms with E-state index >= 15 is 0 Å². The highest BCUT2D eigenvalue weighted by Crippen LogP contribution is 2.22. The molecule has 0 aliphatic heterocycles. The molecule has 2 aromatic carbocycles. The van der Waals surface area contributed by atoms with Gasteiger partial charge in [0.25, 0.3) is 0 Å².